The second kappa shape index (κ2) is 7.54. The molecule has 2 rings (SSSR count). The van der Waals surface area contributed by atoms with Gasteiger partial charge in [0.1, 0.15) is 23.0 Å². The number of phenols is 1. The van der Waals surface area contributed by atoms with Crippen molar-refractivity contribution in [3.05, 3.63) is 47.5 Å². The Kier molecular flexibility index (Phi) is 3.87. The number of methoxy groups -OCH3 is 3. The average molecular weight is 320 g/mol. The number of ketones is 1. The Labute approximate surface area is 141 Å². The van der Waals surface area contributed by atoms with Crippen LogP contribution < -0.4 is 14.2 Å². The van der Waals surface area contributed by atoms with Gasteiger partial charge in [0, 0.05) is 32.3 Å². The predicted octanol–water partition coefficient (Wildman–Crippen LogP) is 3.23. The number of hydrogen-bond acceptors (Lipinski definition) is 5. The van der Waals surface area contributed by atoms with Crippen molar-refractivity contribution < 1.29 is 29.6 Å². The molecule has 0 aliphatic carbocycles. The van der Waals surface area contributed by atoms with Crippen LogP contribution in [-0.4, -0.2) is 32.2 Å². The van der Waals surface area contributed by atoms with Gasteiger partial charge in [-0.05, 0) is 30.7 Å². The smallest absolute Gasteiger partial charge is 0.163 e. The van der Waals surface area contributed by atoms with Gasteiger partial charge in [0.05, 0.1) is 24.1 Å². The van der Waals surface area contributed by atoms with Gasteiger partial charge in [-0.3, -0.25) is 4.79 Å². The number of ether oxygens (including phenoxy) is 3. The van der Waals surface area contributed by atoms with E-state index in [2.05, 4.69) is 0 Å². The molecule has 0 saturated heterocycles. The highest BCUT2D eigenvalue weighted by Crippen LogP contribution is 2.35. The zero-order valence-corrected chi connectivity index (χ0v) is 13.1. The lowest BCUT2D eigenvalue weighted by atomic mass is 10.0. The fraction of sp³-hybridized carbons (Fsp3) is 0.278. The summed E-state index contributed by atoms with van der Waals surface area (Å²) in [5, 5.41) is 9.33. The van der Waals surface area contributed by atoms with E-state index in [1.54, 1.807) is 0 Å². The molecular weight excluding hydrogens is 296 g/mol. The van der Waals surface area contributed by atoms with Crippen LogP contribution in [0.1, 0.15) is 27.8 Å². The number of benzene rings is 2. The first-order valence-corrected chi connectivity index (χ1v) is 6.79. The summed E-state index contributed by atoms with van der Waals surface area (Å²) in [5.74, 6) is -0.967. The number of phenolic OH excluding ortho intramolecular Hbond substituents is 1. The molecule has 122 valence electrons. The van der Waals surface area contributed by atoms with Crippen molar-refractivity contribution in [3.63, 3.8) is 0 Å². The second-order valence-corrected chi connectivity index (χ2v) is 4.56. The molecular formula is C18H20O5. The van der Waals surface area contributed by atoms with E-state index in [9.17, 15) is 9.90 Å². The van der Waals surface area contributed by atoms with Gasteiger partial charge in [0.15, 0.2) is 5.78 Å². The van der Waals surface area contributed by atoms with E-state index in [4.69, 9.17) is 19.7 Å². The monoisotopic (exact) mass is 320 g/mol. The van der Waals surface area contributed by atoms with Crippen molar-refractivity contribution >= 4 is 5.78 Å². The SMILES string of the molecule is [2H]c1c(OC)c([2H])c(OC)c(CC([2H])([2H])C(=O)c2ccc(O)cc2)c1OC. The molecule has 0 unspecified atom stereocenters. The zero-order valence-electron chi connectivity index (χ0n) is 17.1. The minimum atomic E-state index is -2.37. The molecule has 0 bridgehead atoms. The van der Waals surface area contributed by atoms with Crippen LogP contribution in [0.3, 0.4) is 0 Å². The lowest BCUT2D eigenvalue weighted by Crippen LogP contribution is -2.04. The summed E-state index contributed by atoms with van der Waals surface area (Å²) in [6.45, 7) is 0. The molecule has 0 radical (unpaired) electrons. The fourth-order valence-corrected chi connectivity index (χ4v) is 1.99. The third-order valence-corrected chi connectivity index (χ3v) is 3.17. The van der Waals surface area contributed by atoms with Gasteiger partial charge in [-0.15, -0.1) is 0 Å². The Morgan fingerprint density at radius 2 is 1.65 bits per heavy atom. The van der Waals surface area contributed by atoms with Crippen LogP contribution >= 0.6 is 0 Å². The fourth-order valence-electron chi connectivity index (χ4n) is 1.99. The lowest BCUT2D eigenvalue weighted by molar-refractivity contribution is 0.0982. The van der Waals surface area contributed by atoms with Gasteiger partial charge in [-0.1, -0.05) is 0 Å². The van der Waals surface area contributed by atoms with Crippen LogP contribution in [0.2, 0.25) is 0 Å². The molecule has 0 amide bonds. The Balaban J connectivity index is 2.54. The minimum absolute atomic E-state index is 0.0259. The summed E-state index contributed by atoms with van der Waals surface area (Å²) < 4.78 is 48.2. The first-order chi connectivity index (χ1) is 12.7. The molecule has 0 saturated carbocycles. The van der Waals surface area contributed by atoms with E-state index in [1.807, 2.05) is 0 Å². The molecule has 23 heavy (non-hydrogen) atoms. The van der Waals surface area contributed by atoms with Crippen molar-refractivity contribution in [1.82, 2.24) is 0 Å². The molecule has 0 fully saturated rings. The third kappa shape index (κ3) is 3.94. The number of carbonyl (C=O) groups excluding carboxylic acids is 1. The number of hydrogen-bond donors (Lipinski definition) is 1. The van der Waals surface area contributed by atoms with Gasteiger partial charge in [0.25, 0.3) is 0 Å². The number of rotatable bonds is 7. The number of aromatic hydroxyl groups is 1. The van der Waals surface area contributed by atoms with E-state index >= 15 is 0 Å². The molecule has 1 N–H and O–H groups in total. The largest absolute Gasteiger partial charge is 0.508 e. The van der Waals surface area contributed by atoms with Crippen LogP contribution in [0.4, 0.5) is 0 Å². The molecule has 0 aliphatic heterocycles. The van der Waals surface area contributed by atoms with E-state index in [0.717, 1.165) is 0 Å². The highest BCUT2D eigenvalue weighted by molar-refractivity contribution is 5.96. The predicted molar refractivity (Wildman–Crippen MR) is 86.9 cm³/mol. The molecule has 0 spiro atoms. The van der Waals surface area contributed by atoms with E-state index in [0.29, 0.717) is 0 Å². The topological polar surface area (TPSA) is 65.0 Å². The zero-order chi connectivity index (χ0) is 20.4. The summed E-state index contributed by atoms with van der Waals surface area (Å²) >= 11 is 0. The van der Waals surface area contributed by atoms with Gasteiger partial charge in [-0.2, -0.15) is 0 Å². The first kappa shape index (κ1) is 11.8. The van der Waals surface area contributed by atoms with E-state index in [1.165, 1.54) is 45.6 Å². The van der Waals surface area contributed by atoms with Crippen molar-refractivity contribution in [2.45, 2.75) is 12.8 Å². The standard InChI is InChI=1S/C18H20O5/c1-21-14-10-17(22-2)15(18(11-14)23-3)8-9-16(20)12-4-6-13(19)7-5-12/h4-7,10-11,19H,8-9H2,1-3H3/i9D2,10D,11D. The van der Waals surface area contributed by atoms with Crippen LogP contribution in [0.5, 0.6) is 23.0 Å². The molecule has 0 heterocycles. The van der Waals surface area contributed by atoms with Crippen LogP contribution in [0, 0.1) is 0 Å². The summed E-state index contributed by atoms with van der Waals surface area (Å²) in [4.78, 5) is 12.6. The summed E-state index contributed by atoms with van der Waals surface area (Å²) in [6.07, 6.45) is -2.84. The Bertz CT molecular complexity index is 819. The Hall–Kier alpha value is -2.69. The minimum Gasteiger partial charge on any atom is -0.508 e. The van der Waals surface area contributed by atoms with Crippen molar-refractivity contribution in [1.29, 1.82) is 0 Å². The highest BCUT2D eigenvalue weighted by Gasteiger charge is 2.15. The van der Waals surface area contributed by atoms with Gasteiger partial charge < -0.3 is 19.3 Å². The molecule has 0 atom stereocenters. The van der Waals surface area contributed by atoms with Crippen LogP contribution in [0.25, 0.3) is 0 Å². The second-order valence-electron chi connectivity index (χ2n) is 4.56. The Morgan fingerprint density at radius 3 is 2.13 bits per heavy atom. The van der Waals surface area contributed by atoms with E-state index < -0.39 is 18.6 Å². The number of Topliss-reactive ketones (excluding diaryl/α,β-unsaturated/α-hetero) is 1. The molecule has 2 aromatic rings. The molecule has 5 nitrogen and oxygen atoms in total. The lowest BCUT2D eigenvalue weighted by Gasteiger charge is -2.14. The van der Waals surface area contributed by atoms with E-state index in [-0.39, 0.29) is 46.2 Å². The third-order valence-electron chi connectivity index (χ3n) is 3.17. The molecule has 5 heteroatoms. The number of carbonyl (C=O) groups is 1. The maximum Gasteiger partial charge on any atom is 0.163 e. The maximum absolute atomic E-state index is 12.6. The summed E-state index contributed by atoms with van der Waals surface area (Å²) in [6, 6.07) is 4.78. The first-order valence-electron chi connectivity index (χ1n) is 8.79. The van der Waals surface area contributed by atoms with Crippen molar-refractivity contribution in [3.8, 4) is 23.0 Å². The van der Waals surface area contributed by atoms with Crippen LogP contribution in [-0.2, 0) is 6.42 Å². The quantitative estimate of drug-likeness (QED) is 0.793. The molecule has 0 aromatic heterocycles. The summed E-state index contributed by atoms with van der Waals surface area (Å²) in [5.41, 5.74) is 0.175. The van der Waals surface area contributed by atoms with Crippen molar-refractivity contribution in [2.24, 2.45) is 0 Å². The van der Waals surface area contributed by atoms with Gasteiger partial charge in [0.2, 0.25) is 0 Å². The van der Waals surface area contributed by atoms with Crippen LogP contribution in [0.15, 0.2) is 36.4 Å². The van der Waals surface area contributed by atoms with Gasteiger partial charge in [-0.25, -0.2) is 0 Å². The summed E-state index contributed by atoms with van der Waals surface area (Å²) in [7, 11) is 3.91. The Morgan fingerprint density at radius 1 is 1.09 bits per heavy atom. The normalized spacial score (nSPS) is 13.3. The molecule has 0 aliphatic rings. The van der Waals surface area contributed by atoms with Gasteiger partial charge >= 0.3 is 0 Å². The average Bonchev–Trinajstić information content (AvgIpc) is 2.62. The maximum atomic E-state index is 12.6. The van der Waals surface area contributed by atoms with Crippen molar-refractivity contribution in [2.75, 3.05) is 21.3 Å². The molecule has 2 aromatic carbocycles. The highest BCUT2D eigenvalue weighted by atomic mass is 16.5.